The minimum absolute atomic E-state index is 0.228. The molecule has 0 aliphatic heterocycles. The van der Waals surface area contributed by atoms with Crippen molar-refractivity contribution in [3.8, 4) is 5.75 Å². The Morgan fingerprint density at radius 2 is 1.91 bits per heavy atom. The van der Waals surface area contributed by atoms with Crippen LogP contribution in [0.1, 0.15) is 17.5 Å². The number of ether oxygens (including phenoxy) is 1. The topological polar surface area (TPSA) is 124 Å². The Bertz CT molecular complexity index is 768. The van der Waals surface area contributed by atoms with Crippen molar-refractivity contribution in [2.45, 2.75) is 6.92 Å². The van der Waals surface area contributed by atoms with Crippen LogP contribution in [0, 0.1) is 10.1 Å². The van der Waals surface area contributed by atoms with E-state index < -0.39 is 16.7 Å². The maximum absolute atomic E-state index is 12.1. The van der Waals surface area contributed by atoms with E-state index in [1.54, 1.807) is 12.1 Å². The summed E-state index contributed by atoms with van der Waals surface area (Å²) in [6, 6.07) is 6.93. The predicted octanol–water partition coefficient (Wildman–Crippen LogP) is 2.41. The van der Waals surface area contributed by atoms with Crippen molar-refractivity contribution in [2.24, 2.45) is 0 Å². The molecule has 0 unspecified atom stereocenters. The summed E-state index contributed by atoms with van der Waals surface area (Å²) in [5.74, 6) is -1.33. The normalized spacial score (nSPS) is 10.0. The zero-order valence-corrected chi connectivity index (χ0v) is 12.3. The summed E-state index contributed by atoms with van der Waals surface area (Å²) >= 11 is 0. The second-order valence-corrected chi connectivity index (χ2v) is 4.44. The smallest absolute Gasteiger partial charge is 0.433 e. The molecule has 2 N–H and O–H groups in total. The van der Waals surface area contributed by atoms with Crippen molar-refractivity contribution in [3.63, 3.8) is 0 Å². The van der Waals surface area contributed by atoms with Gasteiger partial charge in [-0.25, -0.2) is 0 Å². The number of hydrogen-bond acceptors (Lipinski definition) is 6. The molecule has 0 saturated heterocycles. The summed E-state index contributed by atoms with van der Waals surface area (Å²) in [5, 5.41) is 15.6. The summed E-state index contributed by atoms with van der Waals surface area (Å²) < 4.78 is 9.89. The summed E-state index contributed by atoms with van der Waals surface area (Å²) in [5.41, 5.74) is 0.622. The second-order valence-electron chi connectivity index (χ2n) is 4.44. The van der Waals surface area contributed by atoms with Gasteiger partial charge in [0.25, 0.3) is 5.91 Å². The standard InChI is InChI=1S/C14H13N3O6/c1-8(18)15-10-4-3-9(22-2)7-11(10)16-14(19)12-5-6-13(23-12)17(20)21/h3-7H,1-2H3,(H,15,18)(H,16,19). The molecule has 0 spiro atoms. The number of amides is 2. The number of methoxy groups -OCH3 is 1. The number of carbonyl (C=O) groups is 2. The van der Waals surface area contributed by atoms with E-state index in [1.807, 2.05) is 0 Å². The van der Waals surface area contributed by atoms with Crippen molar-refractivity contribution < 1.29 is 23.7 Å². The number of hydrogen-bond donors (Lipinski definition) is 2. The molecule has 23 heavy (non-hydrogen) atoms. The first-order valence-corrected chi connectivity index (χ1v) is 6.42. The number of nitrogens with one attached hydrogen (secondary N) is 2. The molecule has 0 aliphatic carbocycles. The summed E-state index contributed by atoms with van der Waals surface area (Å²) in [6.45, 7) is 1.33. The van der Waals surface area contributed by atoms with Gasteiger partial charge in [-0.2, -0.15) is 0 Å². The fourth-order valence-corrected chi connectivity index (χ4v) is 1.78. The second kappa shape index (κ2) is 6.60. The zero-order chi connectivity index (χ0) is 17.0. The van der Waals surface area contributed by atoms with Crippen LogP contribution in [0.5, 0.6) is 5.75 Å². The fraction of sp³-hybridized carbons (Fsp3) is 0.143. The Hall–Kier alpha value is -3.36. The van der Waals surface area contributed by atoms with E-state index in [2.05, 4.69) is 10.6 Å². The van der Waals surface area contributed by atoms with Gasteiger partial charge in [-0.15, -0.1) is 0 Å². The van der Waals surface area contributed by atoms with Crippen LogP contribution in [0.3, 0.4) is 0 Å². The lowest BCUT2D eigenvalue weighted by molar-refractivity contribution is -0.402. The number of nitro groups is 1. The Morgan fingerprint density at radius 3 is 2.48 bits per heavy atom. The first-order valence-electron chi connectivity index (χ1n) is 6.42. The molecule has 9 heteroatoms. The quantitative estimate of drug-likeness (QED) is 0.644. The molecule has 120 valence electrons. The molecule has 0 aliphatic rings. The maximum Gasteiger partial charge on any atom is 0.433 e. The van der Waals surface area contributed by atoms with Gasteiger partial charge >= 0.3 is 5.88 Å². The van der Waals surface area contributed by atoms with Gasteiger partial charge in [0.05, 0.1) is 24.6 Å². The van der Waals surface area contributed by atoms with Crippen LogP contribution in [-0.2, 0) is 4.79 Å². The van der Waals surface area contributed by atoms with Gasteiger partial charge in [0.2, 0.25) is 5.91 Å². The predicted molar refractivity (Wildman–Crippen MR) is 80.6 cm³/mol. The molecule has 1 aromatic heterocycles. The highest BCUT2D eigenvalue weighted by Crippen LogP contribution is 2.28. The number of furan rings is 1. The Labute approximate surface area is 130 Å². The van der Waals surface area contributed by atoms with Crippen LogP contribution in [0.15, 0.2) is 34.7 Å². The highest BCUT2D eigenvalue weighted by molar-refractivity contribution is 6.05. The molecule has 2 rings (SSSR count). The van der Waals surface area contributed by atoms with E-state index in [0.29, 0.717) is 11.4 Å². The molecule has 1 aromatic carbocycles. The van der Waals surface area contributed by atoms with Gasteiger partial charge in [0, 0.05) is 13.0 Å². The zero-order valence-electron chi connectivity index (χ0n) is 12.3. The third kappa shape index (κ3) is 3.84. The van der Waals surface area contributed by atoms with Gasteiger partial charge < -0.3 is 19.8 Å². The van der Waals surface area contributed by atoms with Gasteiger partial charge in [-0.1, -0.05) is 0 Å². The maximum atomic E-state index is 12.1. The molecule has 0 bridgehead atoms. The van der Waals surface area contributed by atoms with Gasteiger partial charge in [-0.3, -0.25) is 19.7 Å². The number of anilines is 2. The lowest BCUT2D eigenvalue weighted by atomic mass is 10.2. The van der Waals surface area contributed by atoms with E-state index in [0.717, 1.165) is 6.07 Å². The molecule has 9 nitrogen and oxygen atoms in total. The largest absolute Gasteiger partial charge is 0.497 e. The minimum atomic E-state index is -0.745. The highest BCUT2D eigenvalue weighted by Gasteiger charge is 2.18. The molecule has 1 heterocycles. The van der Waals surface area contributed by atoms with E-state index >= 15 is 0 Å². The van der Waals surface area contributed by atoms with E-state index in [4.69, 9.17) is 9.15 Å². The van der Waals surface area contributed by atoms with Crippen LogP contribution >= 0.6 is 0 Å². The van der Waals surface area contributed by atoms with Crippen LogP contribution in [-0.4, -0.2) is 23.8 Å². The van der Waals surface area contributed by atoms with Gasteiger partial charge in [-0.05, 0) is 18.2 Å². The van der Waals surface area contributed by atoms with Crippen molar-refractivity contribution in [1.82, 2.24) is 0 Å². The molecule has 0 atom stereocenters. The molecule has 0 fully saturated rings. The molecule has 0 saturated carbocycles. The first kappa shape index (κ1) is 16.0. The van der Waals surface area contributed by atoms with Crippen LogP contribution in [0.4, 0.5) is 17.3 Å². The Kier molecular flexibility index (Phi) is 4.60. The van der Waals surface area contributed by atoms with Crippen molar-refractivity contribution in [2.75, 3.05) is 17.7 Å². The molecular weight excluding hydrogens is 306 g/mol. The highest BCUT2D eigenvalue weighted by atomic mass is 16.6. The lowest BCUT2D eigenvalue weighted by Crippen LogP contribution is -2.14. The summed E-state index contributed by atoms with van der Waals surface area (Å²) in [6.07, 6.45) is 0. The third-order valence-corrected chi connectivity index (χ3v) is 2.78. The van der Waals surface area contributed by atoms with Gasteiger partial charge in [0.1, 0.15) is 10.7 Å². The Balaban J connectivity index is 2.27. The van der Waals surface area contributed by atoms with E-state index in [-0.39, 0.29) is 17.4 Å². The Morgan fingerprint density at radius 1 is 1.17 bits per heavy atom. The molecular formula is C14H13N3O6. The van der Waals surface area contributed by atoms with E-state index in [1.165, 1.54) is 26.2 Å². The summed E-state index contributed by atoms with van der Waals surface area (Å²) in [4.78, 5) is 33.1. The van der Waals surface area contributed by atoms with Crippen LogP contribution < -0.4 is 15.4 Å². The lowest BCUT2D eigenvalue weighted by Gasteiger charge is -2.12. The SMILES string of the molecule is COc1ccc(NC(C)=O)c(NC(=O)c2ccc([N+](=O)[O-])o2)c1. The average molecular weight is 319 g/mol. The monoisotopic (exact) mass is 319 g/mol. The third-order valence-electron chi connectivity index (χ3n) is 2.78. The number of rotatable bonds is 5. The van der Waals surface area contributed by atoms with Crippen LogP contribution in [0.25, 0.3) is 0 Å². The summed E-state index contributed by atoms with van der Waals surface area (Å²) in [7, 11) is 1.45. The van der Waals surface area contributed by atoms with Crippen molar-refractivity contribution in [1.29, 1.82) is 0 Å². The fourth-order valence-electron chi connectivity index (χ4n) is 1.78. The van der Waals surface area contributed by atoms with Crippen molar-refractivity contribution >= 4 is 29.1 Å². The number of nitrogens with zero attached hydrogens (tertiary/aromatic N) is 1. The van der Waals surface area contributed by atoms with E-state index in [9.17, 15) is 19.7 Å². The first-order chi connectivity index (χ1) is 10.9. The number of benzene rings is 1. The number of carbonyl (C=O) groups excluding carboxylic acids is 2. The molecule has 2 aromatic rings. The minimum Gasteiger partial charge on any atom is -0.497 e. The average Bonchev–Trinajstić information content (AvgIpc) is 2.98. The van der Waals surface area contributed by atoms with Crippen LogP contribution in [0.2, 0.25) is 0 Å². The van der Waals surface area contributed by atoms with Crippen molar-refractivity contribution in [3.05, 3.63) is 46.2 Å². The molecule has 2 amide bonds. The van der Waals surface area contributed by atoms with Gasteiger partial charge in [0.15, 0.2) is 5.76 Å². The molecule has 0 radical (unpaired) electrons.